The first-order valence-electron chi connectivity index (χ1n) is 12.5. The summed E-state index contributed by atoms with van der Waals surface area (Å²) in [6.07, 6.45) is 2.62. The maximum atomic E-state index is 13.2. The van der Waals surface area contributed by atoms with E-state index in [1.54, 1.807) is 11.8 Å². The molecule has 0 unspecified atom stereocenters. The van der Waals surface area contributed by atoms with Crippen LogP contribution >= 0.6 is 11.8 Å². The lowest BCUT2D eigenvalue weighted by Gasteiger charge is -2.24. The number of amides is 1. The van der Waals surface area contributed by atoms with Crippen LogP contribution in [0.4, 0.5) is 0 Å². The third-order valence-electron chi connectivity index (χ3n) is 6.80. The van der Waals surface area contributed by atoms with Crippen LogP contribution in [0, 0.1) is 11.3 Å². The van der Waals surface area contributed by atoms with Gasteiger partial charge in [-0.3, -0.25) is 15.0 Å². The predicted octanol–water partition coefficient (Wildman–Crippen LogP) is 5.14. The molecule has 192 valence electrons. The normalized spacial score (nSPS) is 17.1. The van der Waals surface area contributed by atoms with E-state index in [0.29, 0.717) is 18.5 Å². The molecule has 1 fully saturated rings. The highest BCUT2D eigenvalue weighted by atomic mass is 32.2. The number of nitrogen functional groups attached to an aromatic ring is 1. The number of likely N-dealkylation sites (tertiary alicyclic amines) is 1. The van der Waals surface area contributed by atoms with Crippen LogP contribution in [0.25, 0.3) is 11.1 Å². The minimum absolute atomic E-state index is 0.0617. The van der Waals surface area contributed by atoms with Crippen molar-refractivity contribution < 1.29 is 14.3 Å². The molecule has 3 N–H and O–H groups in total. The number of aryl methyl sites for hydroxylation is 1. The Balaban J connectivity index is 1.38. The highest BCUT2D eigenvalue weighted by molar-refractivity contribution is 7.99. The average Bonchev–Trinajstić information content (AvgIpc) is 3.22. The molecule has 0 bridgehead atoms. The monoisotopic (exact) mass is 515 g/mol. The summed E-state index contributed by atoms with van der Waals surface area (Å²) >= 11 is 1.74. The minimum Gasteiger partial charge on any atom is -0.469 e. The smallest absolute Gasteiger partial charge is 0.306 e. The summed E-state index contributed by atoms with van der Waals surface area (Å²) in [5.74, 6) is 0.263. The Morgan fingerprint density at radius 1 is 1.03 bits per heavy atom. The second kappa shape index (κ2) is 12.6. The number of rotatable bonds is 11. The molecule has 1 aliphatic rings. The highest BCUT2D eigenvalue weighted by Crippen LogP contribution is 2.33. The van der Waals surface area contributed by atoms with E-state index in [-0.39, 0.29) is 36.1 Å². The van der Waals surface area contributed by atoms with Crippen molar-refractivity contribution in [3.05, 3.63) is 90.0 Å². The van der Waals surface area contributed by atoms with Crippen molar-refractivity contribution in [2.45, 2.75) is 36.6 Å². The molecule has 0 aromatic heterocycles. The van der Waals surface area contributed by atoms with Crippen LogP contribution in [0.3, 0.4) is 0 Å². The van der Waals surface area contributed by atoms with Crippen LogP contribution in [0.2, 0.25) is 0 Å². The molecule has 7 heteroatoms. The number of carbonyl (C=O) groups is 2. The molecule has 6 nitrogen and oxygen atoms in total. The van der Waals surface area contributed by atoms with E-state index in [2.05, 4.69) is 36.4 Å². The number of hydrogen-bond donors (Lipinski definition) is 2. The summed E-state index contributed by atoms with van der Waals surface area (Å²) in [5.41, 5.74) is 9.69. The average molecular weight is 516 g/mol. The Labute approximate surface area is 222 Å². The Kier molecular flexibility index (Phi) is 9.01. The largest absolute Gasteiger partial charge is 0.469 e. The van der Waals surface area contributed by atoms with E-state index < -0.39 is 0 Å². The van der Waals surface area contributed by atoms with Crippen molar-refractivity contribution in [3.8, 4) is 11.1 Å². The van der Waals surface area contributed by atoms with Crippen molar-refractivity contribution >= 4 is 29.5 Å². The Morgan fingerprint density at radius 3 is 2.30 bits per heavy atom. The lowest BCUT2D eigenvalue weighted by atomic mass is 10.0. The standard InChI is InChI=1S/C30H33N3O3S/c1-36-28(34)19-25-18-26(33(30(25)35)17-5-8-21-6-3-2-4-7-21)20-37-27-15-13-23(14-16-27)22-9-11-24(12-10-22)29(31)32/h2-4,6-7,9-16,25-26H,5,8,17-20H2,1H3,(H3,31,32)/t25-,26-/m0/s1. The van der Waals surface area contributed by atoms with E-state index in [4.69, 9.17) is 15.9 Å². The summed E-state index contributed by atoms with van der Waals surface area (Å²) in [6, 6.07) is 26.4. The van der Waals surface area contributed by atoms with Crippen LogP contribution in [-0.4, -0.2) is 48.1 Å². The minimum atomic E-state index is -0.331. The zero-order chi connectivity index (χ0) is 26.2. The van der Waals surface area contributed by atoms with Gasteiger partial charge in [0, 0.05) is 28.8 Å². The molecule has 0 aliphatic carbocycles. The van der Waals surface area contributed by atoms with Gasteiger partial charge < -0.3 is 15.4 Å². The van der Waals surface area contributed by atoms with Crippen LogP contribution in [0.5, 0.6) is 0 Å². The highest BCUT2D eigenvalue weighted by Gasteiger charge is 2.40. The number of thioether (sulfide) groups is 1. The number of nitrogens with one attached hydrogen (secondary N) is 1. The quantitative estimate of drug-likeness (QED) is 0.159. The molecular weight excluding hydrogens is 482 g/mol. The topological polar surface area (TPSA) is 96.5 Å². The van der Waals surface area contributed by atoms with Gasteiger partial charge in [-0.1, -0.05) is 66.7 Å². The lowest BCUT2D eigenvalue weighted by molar-refractivity contribution is -0.144. The zero-order valence-corrected chi connectivity index (χ0v) is 21.9. The molecule has 37 heavy (non-hydrogen) atoms. The van der Waals surface area contributed by atoms with Crippen LogP contribution in [0.15, 0.2) is 83.8 Å². The van der Waals surface area contributed by atoms with E-state index in [9.17, 15) is 9.59 Å². The van der Waals surface area contributed by atoms with Gasteiger partial charge in [0.15, 0.2) is 0 Å². The van der Waals surface area contributed by atoms with Gasteiger partial charge in [0.1, 0.15) is 5.84 Å². The van der Waals surface area contributed by atoms with Crippen LogP contribution < -0.4 is 5.73 Å². The molecule has 1 amide bonds. The molecule has 2 atom stereocenters. The molecule has 1 saturated heterocycles. The lowest BCUT2D eigenvalue weighted by Crippen LogP contribution is -2.36. The molecule has 1 aliphatic heterocycles. The van der Waals surface area contributed by atoms with Gasteiger partial charge in [0.25, 0.3) is 0 Å². The summed E-state index contributed by atoms with van der Waals surface area (Å²) in [6.45, 7) is 0.686. The molecular formula is C30H33N3O3S. The van der Waals surface area contributed by atoms with Crippen molar-refractivity contribution in [2.24, 2.45) is 11.7 Å². The maximum Gasteiger partial charge on any atom is 0.306 e. The first kappa shape index (κ1) is 26.5. The van der Waals surface area contributed by atoms with Gasteiger partial charge in [0.05, 0.1) is 19.4 Å². The molecule has 4 rings (SSSR count). The van der Waals surface area contributed by atoms with E-state index >= 15 is 0 Å². The summed E-state index contributed by atoms with van der Waals surface area (Å²) in [5, 5.41) is 7.54. The van der Waals surface area contributed by atoms with Gasteiger partial charge in [-0.15, -0.1) is 11.8 Å². The number of carbonyl (C=O) groups excluding carboxylic acids is 2. The van der Waals surface area contributed by atoms with Crippen molar-refractivity contribution in [2.75, 3.05) is 19.4 Å². The number of benzene rings is 3. The second-order valence-corrected chi connectivity index (χ2v) is 10.4. The van der Waals surface area contributed by atoms with Gasteiger partial charge in [0.2, 0.25) is 5.91 Å². The van der Waals surface area contributed by atoms with E-state index in [0.717, 1.165) is 34.6 Å². The number of nitrogens with zero attached hydrogens (tertiary/aromatic N) is 1. The summed E-state index contributed by atoms with van der Waals surface area (Å²) in [7, 11) is 1.37. The molecule has 3 aromatic rings. The number of amidine groups is 1. The number of nitrogens with two attached hydrogens (primary N) is 1. The molecule has 0 saturated carbocycles. The number of esters is 1. The molecule has 3 aromatic carbocycles. The zero-order valence-electron chi connectivity index (χ0n) is 21.1. The van der Waals surface area contributed by atoms with Crippen molar-refractivity contribution in [3.63, 3.8) is 0 Å². The third-order valence-corrected chi connectivity index (χ3v) is 7.96. The fourth-order valence-corrected chi connectivity index (χ4v) is 5.78. The Morgan fingerprint density at radius 2 is 1.68 bits per heavy atom. The van der Waals surface area contributed by atoms with Crippen LogP contribution in [0.1, 0.15) is 30.4 Å². The number of ether oxygens (including phenoxy) is 1. The van der Waals surface area contributed by atoms with Gasteiger partial charge >= 0.3 is 5.97 Å². The van der Waals surface area contributed by atoms with E-state index in [1.165, 1.54) is 12.7 Å². The Bertz CT molecular complexity index is 1210. The van der Waals surface area contributed by atoms with E-state index in [1.807, 2.05) is 47.4 Å². The number of hydrogen-bond acceptors (Lipinski definition) is 5. The first-order valence-corrected chi connectivity index (χ1v) is 13.5. The summed E-state index contributed by atoms with van der Waals surface area (Å²) < 4.78 is 4.83. The van der Waals surface area contributed by atoms with Gasteiger partial charge in [-0.25, -0.2) is 0 Å². The molecule has 0 spiro atoms. The van der Waals surface area contributed by atoms with Crippen LogP contribution in [-0.2, 0) is 20.7 Å². The Hall–Kier alpha value is -3.58. The van der Waals surface area contributed by atoms with Gasteiger partial charge in [-0.2, -0.15) is 0 Å². The molecule has 1 heterocycles. The maximum absolute atomic E-state index is 13.2. The first-order chi connectivity index (χ1) is 17.9. The van der Waals surface area contributed by atoms with Gasteiger partial charge in [-0.05, 0) is 48.1 Å². The predicted molar refractivity (Wildman–Crippen MR) is 149 cm³/mol. The SMILES string of the molecule is COC(=O)C[C@@H]1C[C@@H](CSc2ccc(-c3ccc(C(=N)N)cc3)cc2)N(CCCc2ccccc2)C1=O. The second-order valence-electron chi connectivity index (χ2n) is 9.31. The fraction of sp³-hybridized carbons (Fsp3) is 0.300. The fourth-order valence-electron chi connectivity index (χ4n) is 4.75. The third kappa shape index (κ3) is 7.01. The van der Waals surface area contributed by atoms with Crippen molar-refractivity contribution in [1.29, 1.82) is 5.41 Å². The number of methoxy groups -OCH3 is 1. The molecule has 0 radical (unpaired) electrons. The summed E-state index contributed by atoms with van der Waals surface area (Å²) in [4.78, 5) is 28.2. The van der Waals surface area contributed by atoms with Crippen molar-refractivity contribution in [1.82, 2.24) is 4.90 Å².